The second-order valence-corrected chi connectivity index (χ2v) is 6.08. The van der Waals surface area contributed by atoms with Gasteiger partial charge < -0.3 is 9.32 Å². The van der Waals surface area contributed by atoms with Crippen LogP contribution in [0.4, 0.5) is 0 Å². The molecule has 1 fully saturated rings. The van der Waals surface area contributed by atoms with Crippen molar-refractivity contribution in [3.05, 3.63) is 47.7 Å². The van der Waals surface area contributed by atoms with Gasteiger partial charge in [-0.3, -0.25) is 4.79 Å². The molecule has 1 unspecified atom stereocenters. The van der Waals surface area contributed by atoms with E-state index in [4.69, 9.17) is 4.42 Å². The maximum atomic E-state index is 12.3. The maximum Gasteiger partial charge on any atom is 0.311 e. The van der Waals surface area contributed by atoms with Gasteiger partial charge in [0.05, 0.1) is 5.92 Å². The molecule has 0 spiro atoms. The van der Waals surface area contributed by atoms with Crippen LogP contribution in [0.15, 0.2) is 34.7 Å². The van der Waals surface area contributed by atoms with Crippen molar-refractivity contribution in [2.75, 3.05) is 13.1 Å². The van der Waals surface area contributed by atoms with Crippen LogP contribution in [0.2, 0.25) is 0 Å². The maximum absolute atomic E-state index is 12.3. The molecule has 0 saturated carbocycles. The first kappa shape index (κ1) is 14.8. The highest BCUT2D eigenvalue weighted by Gasteiger charge is 2.28. The van der Waals surface area contributed by atoms with Crippen LogP contribution in [-0.4, -0.2) is 34.1 Å². The topological polar surface area (TPSA) is 59.2 Å². The third-order valence-electron chi connectivity index (χ3n) is 4.11. The summed E-state index contributed by atoms with van der Waals surface area (Å²) in [5.74, 6) is 0.792. The average Bonchev–Trinajstić information content (AvgIpc) is 3.19. The van der Waals surface area contributed by atoms with Gasteiger partial charge in [0.2, 0.25) is 5.89 Å². The van der Waals surface area contributed by atoms with Crippen molar-refractivity contribution >= 4 is 5.91 Å². The highest BCUT2D eigenvalue weighted by atomic mass is 16.4. The number of nitrogens with zero attached hydrogens (tertiary/aromatic N) is 3. The number of benzene rings is 1. The first-order valence-electron chi connectivity index (χ1n) is 7.84. The minimum absolute atomic E-state index is 0.00817. The average molecular weight is 299 g/mol. The van der Waals surface area contributed by atoms with E-state index in [1.807, 2.05) is 18.2 Å². The van der Waals surface area contributed by atoms with E-state index in [0.29, 0.717) is 11.8 Å². The standard InChI is InChI=1S/C17H21N3O2/c1-12(2)14(13-8-4-3-5-9-13)15-18-19-16(22-15)17(21)20-10-6-7-11-20/h3-5,8-9,12,14H,6-7,10-11H2,1-2H3. The Morgan fingerprint density at radius 2 is 1.82 bits per heavy atom. The Morgan fingerprint density at radius 1 is 1.14 bits per heavy atom. The van der Waals surface area contributed by atoms with Gasteiger partial charge in [-0.15, -0.1) is 10.2 Å². The van der Waals surface area contributed by atoms with Crippen LogP contribution >= 0.6 is 0 Å². The lowest BCUT2D eigenvalue weighted by Gasteiger charge is -2.17. The molecule has 116 valence electrons. The van der Waals surface area contributed by atoms with E-state index in [-0.39, 0.29) is 17.7 Å². The molecule has 1 aliphatic heterocycles. The van der Waals surface area contributed by atoms with Crippen LogP contribution in [0.3, 0.4) is 0 Å². The smallest absolute Gasteiger partial charge is 0.311 e. The summed E-state index contributed by atoms with van der Waals surface area (Å²) in [7, 11) is 0. The quantitative estimate of drug-likeness (QED) is 0.870. The van der Waals surface area contributed by atoms with Gasteiger partial charge in [-0.25, -0.2) is 0 Å². The highest BCUT2D eigenvalue weighted by molar-refractivity contribution is 5.89. The molecule has 1 aromatic carbocycles. The van der Waals surface area contributed by atoms with Gasteiger partial charge in [0.25, 0.3) is 0 Å². The van der Waals surface area contributed by atoms with Gasteiger partial charge in [0.15, 0.2) is 0 Å². The lowest BCUT2D eigenvalue weighted by atomic mass is 9.88. The predicted molar refractivity (Wildman–Crippen MR) is 82.6 cm³/mol. The fraction of sp³-hybridized carbons (Fsp3) is 0.471. The summed E-state index contributed by atoms with van der Waals surface area (Å²) in [4.78, 5) is 14.1. The molecule has 22 heavy (non-hydrogen) atoms. The molecule has 5 nitrogen and oxygen atoms in total. The highest BCUT2D eigenvalue weighted by Crippen LogP contribution is 2.31. The minimum atomic E-state index is -0.146. The Labute approximate surface area is 130 Å². The molecule has 1 saturated heterocycles. The van der Waals surface area contributed by atoms with E-state index in [1.54, 1.807) is 4.90 Å². The summed E-state index contributed by atoms with van der Waals surface area (Å²) in [6, 6.07) is 10.1. The van der Waals surface area contributed by atoms with Crippen molar-refractivity contribution in [1.29, 1.82) is 0 Å². The summed E-state index contributed by atoms with van der Waals surface area (Å²) < 4.78 is 5.72. The molecule has 0 radical (unpaired) electrons. The zero-order valence-corrected chi connectivity index (χ0v) is 13.0. The summed E-state index contributed by atoms with van der Waals surface area (Å²) in [5, 5.41) is 8.12. The lowest BCUT2D eigenvalue weighted by Crippen LogP contribution is -2.27. The molecule has 0 N–H and O–H groups in total. The molecule has 1 aromatic heterocycles. The Bertz CT molecular complexity index is 630. The van der Waals surface area contributed by atoms with Crippen molar-refractivity contribution in [2.45, 2.75) is 32.6 Å². The number of carbonyl (C=O) groups is 1. The molecule has 0 bridgehead atoms. The number of aromatic nitrogens is 2. The Hall–Kier alpha value is -2.17. The minimum Gasteiger partial charge on any atom is -0.416 e. The second kappa shape index (κ2) is 6.30. The summed E-state index contributed by atoms with van der Waals surface area (Å²) >= 11 is 0. The lowest BCUT2D eigenvalue weighted by molar-refractivity contribution is 0.0750. The third kappa shape index (κ3) is 2.89. The number of rotatable bonds is 4. The monoisotopic (exact) mass is 299 g/mol. The molecule has 1 amide bonds. The van der Waals surface area contributed by atoms with Gasteiger partial charge in [-0.2, -0.15) is 0 Å². The SMILES string of the molecule is CC(C)C(c1ccccc1)c1nnc(C(=O)N2CCCC2)o1. The molecule has 2 aromatic rings. The second-order valence-electron chi connectivity index (χ2n) is 6.08. The van der Waals surface area contributed by atoms with E-state index in [0.717, 1.165) is 31.5 Å². The molecule has 3 rings (SSSR count). The Morgan fingerprint density at radius 3 is 2.45 bits per heavy atom. The first-order chi connectivity index (χ1) is 10.7. The van der Waals surface area contributed by atoms with Gasteiger partial charge >= 0.3 is 11.8 Å². The van der Waals surface area contributed by atoms with E-state index in [2.05, 4.69) is 36.2 Å². The number of carbonyl (C=O) groups excluding carboxylic acids is 1. The number of hydrogen-bond acceptors (Lipinski definition) is 4. The molecule has 2 heterocycles. The van der Waals surface area contributed by atoms with Crippen LogP contribution in [-0.2, 0) is 0 Å². The normalized spacial score (nSPS) is 16.2. The largest absolute Gasteiger partial charge is 0.416 e. The fourth-order valence-electron chi connectivity index (χ4n) is 2.98. The number of hydrogen-bond donors (Lipinski definition) is 0. The van der Waals surface area contributed by atoms with Crippen molar-refractivity contribution in [3.8, 4) is 0 Å². The molecule has 1 atom stereocenters. The first-order valence-corrected chi connectivity index (χ1v) is 7.84. The van der Waals surface area contributed by atoms with Crippen LogP contribution in [0.1, 0.15) is 54.7 Å². The summed E-state index contributed by atoms with van der Waals surface area (Å²) in [6.07, 6.45) is 2.09. The van der Waals surface area contributed by atoms with E-state index < -0.39 is 0 Å². The Kier molecular flexibility index (Phi) is 4.22. The van der Waals surface area contributed by atoms with Crippen LogP contribution in [0, 0.1) is 5.92 Å². The molecule has 1 aliphatic rings. The summed E-state index contributed by atoms with van der Waals surface area (Å²) in [6.45, 7) is 5.79. The van der Waals surface area contributed by atoms with Crippen molar-refractivity contribution in [1.82, 2.24) is 15.1 Å². The molecular weight excluding hydrogens is 278 g/mol. The van der Waals surface area contributed by atoms with Crippen molar-refractivity contribution in [2.24, 2.45) is 5.92 Å². The van der Waals surface area contributed by atoms with Crippen LogP contribution < -0.4 is 0 Å². The predicted octanol–water partition coefficient (Wildman–Crippen LogP) is 3.09. The Balaban J connectivity index is 1.86. The molecule has 5 heteroatoms. The van der Waals surface area contributed by atoms with Crippen LogP contribution in [0.25, 0.3) is 0 Å². The van der Waals surface area contributed by atoms with Gasteiger partial charge in [0, 0.05) is 13.1 Å². The van der Waals surface area contributed by atoms with Crippen LogP contribution in [0.5, 0.6) is 0 Å². The number of amides is 1. The van der Waals surface area contributed by atoms with Crippen molar-refractivity contribution < 1.29 is 9.21 Å². The summed E-state index contributed by atoms with van der Waals surface area (Å²) in [5.41, 5.74) is 1.13. The van der Waals surface area contributed by atoms with Gasteiger partial charge in [0.1, 0.15) is 0 Å². The van der Waals surface area contributed by atoms with E-state index >= 15 is 0 Å². The molecular formula is C17H21N3O2. The fourth-order valence-corrected chi connectivity index (χ4v) is 2.98. The van der Waals surface area contributed by atoms with Crippen molar-refractivity contribution in [3.63, 3.8) is 0 Å². The number of likely N-dealkylation sites (tertiary alicyclic amines) is 1. The molecule has 0 aliphatic carbocycles. The van der Waals surface area contributed by atoms with Gasteiger partial charge in [-0.05, 0) is 24.3 Å². The van der Waals surface area contributed by atoms with E-state index in [1.165, 1.54) is 0 Å². The van der Waals surface area contributed by atoms with E-state index in [9.17, 15) is 4.79 Å². The zero-order chi connectivity index (χ0) is 15.5. The zero-order valence-electron chi connectivity index (χ0n) is 13.0. The van der Waals surface area contributed by atoms with Gasteiger partial charge in [-0.1, -0.05) is 44.2 Å². The third-order valence-corrected chi connectivity index (χ3v) is 4.11.